The standard InChI is InChI=1S/C25H20N2O3S/c1-2-14-31(28,29)22-10-5-9-21(16-22)30-20-8-3-6-18(15-20)23-12-13-27-25-19(17-26)7-4-11-24(23)25/h3-13,15-16H,2,14H2,1H3. The molecule has 0 aliphatic carbocycles. The van der Waals surface area contributed by atoms with E-state index in [1.54, 1.807) is 36.5 Å². The van der Waals surface area contributed by atoms with E-state index in [-0.39, 0.29) is 10.6 Å². The highest BCUT2D eigenvalue weighted by atomic mass is 32.2. The van der Waals surface area contributed by atoms with Gasteiger partial charge in [0.05, 0.1) is 21.7 Å². The highest BCUT2D eigenvalue weighted by Crippen LogP contribution is 2.32. The summed E-state index contributed by atoms with van der Waals surface area (Å²) in [4.78, 5) is 4.62. The van der Waals surface area contributed by atoms with Crippen LogP contribution >= 0.6 is 0 Å². The molecule has 0 radical (unpaired) electrons. The number of ether oxygens (including phenoxy) is 1. The van der Waals surface area contributed by atoms with Gasteiger partial charge in [0.15, 0.2) is 9.84 Å². The molecule has 0 aliphatic rings. The highest BCUT2D eigenvalue weighted by Gasteiger charge is 2.14. The Balaban J connectivity index is 1.70. The van der Waals surface area contributed by atoms with Crippen LogP contribution in [0.25, 0.3) is 22.0 Å². The predicted molar refractivity (Wildman–Crippen MR) is 121 cm³/mol. The Bertz CT molecular complexity index is 1410. The lowest BCUT2D eigenvalue weighted by atomic mass is 9.99. The van der Waals surface area contributed by atoms with Crippen molar-refractivity contribution < 1.29 is 13.2 Å². The smallest absolute Gasteiger partial charge is 0.178 e. The molecule has 5 nitrogen and oxygen atoms in total. The molecule has 0 amide bonds. The van der Waals surface area contributed by atoms with Crippen LogP contribution in [0.15, 0.2) is 83.9 Å². The second kappa shape index (κ2) is 8.58. The van der Waals surface area contributed by atoms with Gasteiger partial charge in [-0.15, -0.1) is 0 Å². The van der Waals surface area contributed by atoms with Crippen LogP contribution in [-0.2, 0) is 9.84 Å². The number of aromatic nitrogens is 1. The molecule has 154 valence electrons. The van der Waals surface area contributed by atoms with Crippen LogP contribution < -0.4 is 4.74 Å². The van der Waals surface area contributed by atoms with E-state index >= 15 is 0 Å². The van der Waals surface area contributed by atoms with Crippen molar-refractivity contribution in [1.82, 2.24) is 4.98 Å². The zero-order valence-corrected chi connectivity index (χ0v) is 17.8. The molecule has 0 unspecified atom stereocenters. The number of sulfone groups is 1. The van der Waals surface area contributed by atoms with E-state index in [4.69, 9.17) is 4.74 Å². The minimum absolute atomic E-state index is 0.103. The van der Waals surface area contributed by atoms with Crippen LogP contribution in [0.4, 0.5) is 0 Å². The van der Waals surface area contributed by atoms with Gasteiger partial charge in [-0.3, -0.25) is 4.98 Å². The quantitative estimate of drug-likeness (QED) is 0.391. The molecule has 0 aliphatic heterocycles. The maximum absolute atomic E-state index is 12.4. The lowest BCUT2D eigenvalue weighted by Gasteiger charge is -2.11. The normalized spacial score (nSPS) is 11.2. The van der Waals surface area contributed by atoms with E-state index in [1.807, 2.05) is 49.4 Å². The molecule has 0 saturated carbocycles. The Hall–Kier alpha value is -3.69. The van der Waals surface area contributed by atoms with Crippen LogP contribution in [-0.4, -0.2) is 19.2 Å². The third kappa shape index (κ3) is 4.27. The van der Waals surface area contributed by atoms with E-state index in [0.717, 1.165) is 16.5 Å². The Labute approximate surface area is 181 Å². The summed E-state index contributed by atoms with van der Waals surface area (Å²) in [5, 5.41) is 10.2. The summed E-state index contributed by atoms with van der Waals surface area (Å²) in [7, 11) is -3.32. The molecule has 0 bridgehead atoms. The van der Waals surface area contributed by atoms with Crippen molar-refractivity contribution in [1.29, 1.82) is 5.26 Å². The summed E-state index contributed by atoms with van der Waals surface area (Å²) < 4.78 is 30.7. The van der Waals surface area contributed by atoms with Gasteiger partial charge in [0.2, 0.25) is 0 Å². The van der Waals surface area contributed by atoms with E-state index in [1.165, 1.54) is 0 Å². The first kappa shape index (κ1) is 20.6. The average Bonchev–Trinajstić information content (AvgIpc) is 2.78. The Morgan fingerprint density at radius 3 is 2.48 bits per heavy atom. The first-order valence-electron chi connectivity index (χ1n) is 9.91. The predicted octanol–water partition coefficient (Wildman–Crippen LogP) is 5.75. The van der Waals surface area contributed by atoms with Crippen LogP contribution in [0.3, 0.4) is 0 Å². The van der Waals surface area contributed by atoms with Crippen LogP contribution in [0.5, 0.6) is 11.5 Å². The fourth-order valence-corrected chi connectivity index (χ4v) is 4.85. The van der Waals surface area contributed by atoms with Crippen molar-refractivity contribution in [2.24, 2.45) is 0 Å². The van der Waals surface area contributed by atoms with Gasteiger partial charge < -0.3 is 4.74 Å². The molecule has 4 aromatic rings. The van der Waals surface area contributed by atoms with Crippen molar-refractivity contribution in [2.45, 2.75) is 18.2 Å². The summed E-state index contributed by atoms with van der Waals surface area (Å²) in [6.07, 6.45) is 2.25. The molecule has 4 rings (SSSR count). The summed E-state index contributed by atoms with van der Waals surface area (Å²) in [6.45, 7) is 1.84. The van der Waals surface area contributed by atoms with Crippen LogP contribution in [0.2, 0.25) is 0 Å². The number of benzene rings is 3. The number of hydrogen-bond donors (Lipinski definition) is 0. The molecule has 1 heterocycles. The van der Waals surface area contributed by atoms with E-state index in [9.17, 15) is 13.7 Å². The fourth-order valence-electron chi connectivity index (χ4n) is 3.50. The minimum atomic E-state index is -3.32. The van der Waals surface area contributed by atoms with Crippen molar-refractivity contribution in [3.63, 3.8) is 0 Å². The Morgan fingerprint density at radius 2 is 1.71 bits per heavy atom. The van der Waals surface area contributed by atoms with Gasteiger partial charge >= 0.3 is 0 Å². The van der Waals surface area contributed by atoms with Crippen molar-refractivity contribution in [3.8, 4) is 28.7 Å². The number of hydrogen-bond acceptors (Lipinski definition) is 5. The summed E-state index contributed by atoms with van der Waals surface area (Å²) in [5.74, 6) is 1.15. The first-order valence-corrected chi connectivity index (χ1v) is 11.6. The molecule has 0 spiro atoms. The highest BCUT2D eigenvalue weighted by molar-refractivity contribution is 7.91. The third-order valence-corrected chi connectivity index (χ3v) is 6.83. The monoisotopic (exact) mass is 428 g/mol. The second-order valence-corrected chi connectivity index (χ2v) is 9.20. The first-order chi connectivity index (χ1) is 15.0. The second-order valence-electron chi connectivity index (χ2n) is 7.10. The largest absolute Gasteiger partial charge is 0.457 e. The van der Waals surface area contributed by atoms with Gasteiger partial charge in [-0.2, -0.15) is 5.26 Å². The number of nitriles is 1. The van der Waals surface area contributed by atoms with Crippen LogP contribution in [0, 0.1) is 11.3 Å². The lowest BCUT2D eigenvalue weighted by molar-refractivity contribution is 0.481. The fraction of sp³-hybridized carbons (Fsp3) is 0.120. The Kier molecular flexibility index (Phi) is 5.70. The van der Waals surface area contributed by atoms with Gasteiger partial charge in [0, 0.05) is 11.6 Å². The van der Waals surface area contributed by atoms with Crippen molar-refractivity contribution >= 4 is 20.7 Å². The molecule has 1 aromatic heterocycles. The summed E-state index contributed by atoms with van der Waals surface area (Å²) in [6, 6.07) is 23.7. The number of pyridine rings is 1. The third-order valence-electron chi connectivity index (χ3n) is 4.91. The van der Waals surface area contributed by atoms with Gasteiger partial charge in [-0.25, -0.2) is 8.42 Å². The maximum atomic E-state index is 12.4. The molecule has 0 fully saturated rings. The SMILES string of the molecule is CCCS(=O)(=O)c1cccc(Oc2cccc(-c3ccnc4c(C#N)cccc34)c2)c1. The maximum Gasteiger partial charge on any atom is 0.178 e. The van der Waals surface area contributed by atoms with Gasteiger partial charge in [-0.1, -0.05) is 37.3 Å². The molecule has 0 saturated heterocycles. The van der Waals surface area contributed by atoms with Gasteiger partial charge in [0.25, 0.3) is 0 Å². The zero-order valence-electron chi connectivity index (χ0n) is 16.9. The molecular weight excluding hydrogens is 408 g/mol. The Morgan fingerprint density at radius 1 is 0.968 bits per heavy atom. The van der Waals surface area contributed by atoms with E-state index in [2.05, 4.69) is 11.1 Å². The molecule has 3 aromatic carbocycles. The number of rotatable bonds is 6. The van der Waals surface area contributed by atoms with Crippen molar-refractivity contribution in [2.75, 3.05) is 5.75 Å². The number of fused-ring (bicyclic) bond motifs is 1. The van der Waals surface area contributed by atoms with Gasteiger partial charge in [0.1, 0.15) is 17.6 Å². The van der Waals surface area contributed by atoms with Gasteiger partial charge in [-0.05, 0) is 60.0 Å². The molecule has 0 N–H and O–H groups in total. The lowest BCUT2D eigenvalue weighted by Crippen LogP contribution is -2.05. The van der Waals surface area contributed by atoms with E-state index in [0.29, 0.717) is 29.0 Å². The molecular formula is C25H20N2O3S. The summed E-state index contributed by atoms with van der Waals surface area (Å²) in [5.41, 5.74) is 3.03. The zero-order chi connectivity index (χ0) is 21.8. The number of nitrogens with zero attached hydrogens (tertiary/aromatic N) is 2. The molecule has 0 atom stereocenters. The molecule has 6 heteroatoms. The average molecular weight is 429 g/mol. The number of para-hydroxylation sites is 1. The van der Waals surface area contributed by atoms with E-state index < -0.39 is 9.84 Å². The molecule has 31 heavy (non-hydrogen) atoms. The van der Waals surface area contributed by atoms with Crippen molar-refractivity contribution in [3.05, 3.63) is 84.6 Å². The summed E-state index contributed by atoms with van der Waals surface area (Å²) >= 11 is 0. The minimum Gasteiger partial charge on any atom is -0.457 e. The van der Waals surface area contributed by atoms with Crippen LogP contribution in [0.1, 0.15) is 18.9 Å². The topological polar surface area (TPSA) is 80.1 Å².